The van der Waals surface area contributed by atoms with Gasteiger partial charge < -0.3 is 13.3 Å². The minimum absolute atomic E-state index is 0. The third-order valence-corrected chi connectivity index (χ3v) is 10.9. The van der Waals surface area contributed by atoms with Gasteiger partial charge in [0.15, 0.2) is 0 Å². The maximum Gasteiger partial charge on any atom is 0.248 e. The predicted octanol–water partition coefficient (Wildman–Crippen LogP) is 15.4. The second-order valence-electron chi connectivity index (χ2n) is 18.7. The van der Waals surface area contributed by atoms with E-state index in [0.717, 1.165) is 38.9 Å². The molecule has 0 aliphatic rings. The van der Waals surface area contributed by atoms with Gasteiger partial charge in [0, 0.05) is 33.4 Å². The first-order valence-corrected chi connectivity index (χ1v) is 21.2. The lowest BCUT2D eigenvalue weighted by molar-refractivity contribution is 0.580. The quantitative estimate of drug-likeness (QED) is 0.154. The van der Waals surface area contributed by atoms with Gasteiger partial charge in [0.1, 0.15) is 0 Å². The highest BCUT2D eigenvalue weighted by Crippen LogP contribution is 2.33. The Kier molecular flexibility index (Phi) is 14.0. The normalized spacial score (nSPS) is 11.5. The van der Waals surface area contributed by atoms with Crippen molar-refractivity contribution in [2.24, 2.45) is 0 Å². The summed E-state index contributed by atoms with van der Waals surface area (Å²) in [6, 6.07) is 50.9. The van der Waals surface area contributed by atoms with E-state index < -0.39 is 0 Å². The molecule has 9 heteroatoms. The third kappa shape index (κ3) is 11.1. The van der Waals surface area contributed by atoms with Crippen LogP contribution in [0.2, 0.25) is 0 Å². The van der Waals surface area contributed by atoms with Gasteiger partial charge in [0.25, 0.3) is 0 Å². The minimum Gasteiger partial charge on any atom is -0.416 e. The standard InChI is InChI=1S/C30H30N4O2.C24H22N2O.2CH4/c1-29(2,3)23-14-10-19(11-15-23)25-31-33-27(35-25)21-8-7-9-22(18-21)28-34-32-26(36-28)20-12-16-24(17-13-20)30(4,5)6;1-24(2,3)21-15-13-20(14-16-21)23-26-25-22(27-23)19-11-9-18(10-12-19)17-7-5-4-6-8-17;;/h7-18H,1-6H3;4-16H,1-3H3;2*1H4. The number of aromatic nitrogens is 6. The maximum absolute atomic E-state index is 6.00. The number of rotatable bonds is 7. The maximum atomic E-state index is 6.00. The number of nitrogens with zero attached hydrogens (tertiary/aromatic N) is 6. The molecule has 3 heterocycles. The monoisotopic (exact) mass is 864 g/mol. The Morgan fingerprint density at radius 1 is 0.262 bits per heavy atom. The van der Waals surface area contributed by atoms with Crippen molar-refractivity contribution in [2.45, 2.75) is 93.4 Å². The molecule has 0 N–H and O–H groups in total. The lowest BCUT2D eigenvalue weighted by Gasteiger charge is -2.18. The van der Waals surface area contributed by atoms with Crippen LogP contribution >= 0.6 is 0 Å². The van der Waals surface area contributed by atoms with Crippen molar-refractivity contribution in [1.82, 2.24) is 30.6 Å². The van der Waals surface area contributed by atoms with E-state index in [1.807, 2.05) is 91.0 Å². The summed E-state index contributed by atoms with van der Waals surface area (Å²) >= 11 is 0. The van der Waals surface area contributed by atoms with E-state index in [2.05, 4.69) is 154 Å². The van der Waals surface area contributed by atoms with Gasteiger partial charge in [-0.25, -0.2) is 0 Å². The molecule has 0 amide bonds. The van der Waals surface area contributed by atoms with Crippen LogP contribution in [0.25, 0.3) is 79.9 Å². The smallest absolute Gasteiger partial charge is 0.248 e. The molecule has 0 bridgehead atoms. The Balaban J connectivity index is 0.000000217. The molecule has 0 fully saturated rings. The topological polar surface area (TPSA) is 117 Å². The van der Waals surface area contributed by atoms with E-state index >= 15 is 0 Å². The second-order valence-corrected chi connectivity index (χ2v) is 18.7. The summed E-state index contributed by atoms with van der Waals surface area (Å²) in [6.45, 7) is 19.7. The Bertz CT molecular complexity index is 2800. The molecule has 0 saturated heterocycles. The van der Waals surface area contributed by atoms with Gasteiger partial charge in [-0.1, -0.05) is 162 Å². The lowest BCUT2D eigenvalue weighted by atomic mass is 9.87. The van der Waals surface area contributed by atoms with Crippen molar-refractivity contribution < 1.29 is 13.3 Å². The zero-order valence-electron chi connectivity index (χ0n) is 37.3. The lowest BCUT2D eigenvalue weighted by Crippen LogP contribution is -2.10. The Labute approximate surface area is 384 Å². The molecular weight excluding hydrogens is 805 g/mol. The van der Waals surface area contributed by atoms with E-state index in [1.165, 1.54) is 22.3 Å². The van der Waals surface area contributed by atoms with Crippen LogP contribution in [0, 0.1) is 0 Å². The molecular formula is C56H60N6O3. The van der Waals surface area contributed by atoms with Crippen molar-refractivity contribution in [1.29, 1.82) is 0 Å². The van der Waals surface area contributed by atoms with Gasteiger partial charge in [-0.3, -0.25) is 0 Å². The zero-order chi connectivity index (χ0) is 44.4. The third-order valence-electron chi connectivity index (χ3n) is 10.9. The molecule has 9 rings (SSSR count). The average Bonchev–Trinajstić information content (AvgIpc) is 4.09. The van der Waals surface area contributed by atoms with Gasteiger partial charge in [-0.05, 0) is 111 Å². The Morgan fingerprint density at radius 2 is 0.492 bits per heavy atom. The van der Waals surface area contributed by atoms with E-state index in [1.54, 1.807) is 0 Å². The van der Waals surface area contributed by atoms with Crippen molar-refractivity contribution in [3.05, 3.63) is 168 Å². The SMILES string of the molecule is C.C.CC(C)(C)c1ccc(-c2nnc(-c3ccc(-c4ccccc4)cc3)o2)cc1.CC(C)(C)c1ccc(-c2nnc(-c3cccc(-c4nnc(-c5ccc(C(C)(C)C)cc5)o4)c3)o2)cc1. The van der Waals surface area contributed by atoms with Crippen LogP contribution in [0.4, 0.5) is 0 Å². The zero-order valence-corrected chi connectivity index (χ0v) is 37.3. The van der Waals surface area contributed by atoms with E-state index in [0.29, 0.717) is 35.3 Å². The van der Waals surface area contributed by atoms with Crippen LogP contribution in [0.15, 0.2) is 165 Å². The van der Waals surface area contributed by atoms with Crippen molar-refractivity contribution >= 4 is 0 Å². The molecule has 332 valence electrons. The first-order valence-electron chi connectivity index (χ1n) is 21.2. The molecule has 9 aromatic rings. The highest BCUT2D eigenvalue weighted by atomic mass is 16.4. The largest absolute Gasteiger partial charge is 0.416 e. The number of benzene rings is 6. The summed E-state index contributed by atoms with van der Waals surface area (Å²) in [5.41, 5.74) is 11.6. The van der Waals surface area contributed by atoms with Crippen LogP contribution < -0.4 is 0 Å². The number of hydrogen-bond acceptors (Lipinski definition) is 9. The van der Waals surface area contributed by atoms with Gasteiger partial charge in [0.2, 0.25) is 35.3 Å². The molecule has 65 heavy (non-hydrogen) atoms. The molecule has 0 unspecified atom stereocenters. The molecule has 3 aromatic heterocycles. The summed E-state index contributed by atoms with van der Waals surface area (Å²) in [7, 11) is 0. The fraction of sp³-hybridized carbons (Fsp3) is 0.250. The van der Waals surface area contributed by atoms with Crippen LogP contribution in [0.3, 0.4) is 0 Å². The highest BCUT2D eigenvalue weighted by molar-refractivity contribution is 5.68. The summed E-state index contributed by atoms with van der Waals surface area (Å²) in [5, 5.41) is 25.5. The molecule has 0 atom stereocenters. The van der Waals surface area contributed by atoms with Gasteiger partial charge in [-0.15, -0.1) is 30.6 Å². The van der Waals surface area contributed by atoms with Gasteiger partial charge >= 0.3 is 0 Å². The summed E-state index contributed by atoms with van der Waals surface area (Å²) in [5.74, 6) is 2.90. The van der Waals surface area contributed by atoms with Crippen LogP contribution in [-0.4, -0.2) is 30.6 Å². The Hall–Kier alpha value is -7.26. The summed E-state index contributed by atoms with van der Waals surface area (Å²) < 4.78 is 17.9. The van der Waals surface area contributed by atoms with E-state index in [-0.39, 0.29) is 31.1 Å². The summed E-state index contributed by atoms with van der Waals surface area (Å²) in [6.07, 6.45) is 0. The first-order chi connectivity index (χ1) is 30.1. The molecule has 0 radical (unpaired) electrons. The molecule has 0 aliphatic heterocycles. The average molecular weight is 865 g/mol. The molecule has 6 aromatic carbocycles. The van der Waals surface area contributed by atoms with Crippen LogP contribution in [0.5, 0.6) is 0 Å². The fourth-order valence-corrected chi connectivity index (χ4v) is 6.93. The van der Waals surface area contributed by atoms with Crippen molar-refractivity contribution in [3.63, 3.8) is 0 Å². The van der Waals surface area contributed by atoms with Crippen molar-refractivity contribution in [3.8, 4) is 79.9 Å². The fourth-order valence-electron chi connectivity index (χ4n) is 6.93. The predicted molar refractivity (Wildman–Crippen MR) is 264 cm³/mol. The van der Waals surface area contributed by atoms with Gasteiger partial charge in [0.05, 0.1) is 0 Å². The van der Waals surface area contributed by atoms with Crippen LogP contribution in [-0.2, 0) is 16.2 Å². The van der Waals surface area contributed by atoms with E-state index in [4.69, 9.17) is 13.3 Å². The molecule has 9 nitrogen and oxygen atoms in total. The minimum atomic E-state index is 0. The summed E-state index contributed by atoms with van der Waals surface area (Å²) in [4.78, 5) is 0. The number of hydrogen-bond donors (Lipinski definition) is 0. The van der Waals surface area contributed by atoms with E-state index in [9.17, 15) is 0 Å². The first kappa shape index (κ1) is 47.2. The van der Waals surface area contributed by atoms with Crippen molar-refractivity contribution in [2.75, 3.05) is 0 Å². The highest BCUT2D eigenvalue weighted by Gasteiger charge is 2.19. The molecule has 0 saturated carbocycles. The molecule has 0 spiro atoms. The Morgan fingerprint density at radius 3 is 0.785 bits per heavy atom. The molecule has 0 aliphatic carbocycles. The van der Waals surface area contributed by atoms with Crippen LogP contribution in [0.1, 0.15) is 93.9 Å². The van der Waals surface area contributed by atoms with Gasteiger partial charge in [-0.2, -0.15) is 0 Å². The second kappa shape index (κ2) is 19.2.